The fourth-order valence-corrected chi connectivity index (χ4v) is 3.00. The third kappa shape index (κ3) is 6.59. The van der Waals surface area contributed by atoms with Crippen molar-refractivity contribution in [3.8, 4) is 0 Å². The van der Waals surface area contributed by atoms with E-state index in [1.807, 2.05) is 26.2 Å². The molecular weight excluding hydrogens is 354 g/mol. The summed E-state index contributed by atoms with van der Waals surface area (Å²) in [5.41, 5.74) is 4.93. The maximum absolute atomic E-state index is 8.52. The Bertz CT molecular complexity index is 670. The zero-order valence-electron chi connectivity index (χ0n) is 17.2. The van der Waals surface area contributed by atoms with Crippen LogP contribution >= 0.6 is 12.4 Å². The van der Waals surface area contributed by atoms with Crippen molar-refractivity contribution in [3.63, 3.8) is 0 Å². The molecule has 0 aliphatic carbocycles. The van der Waals surface area contributed by atoms with Crippen LogP contribution in [-0.4, -0.2) is 32.9 Å². The summed E-state index contributed by atoms with van der Waals surface area (Å²) in [7, 11) is 4.06. The van der Waals surface area contributed by atoms with Crippen LogP contribution in [-0.2, 0) is 0 Å². The summed E-state index contributed by atoms with van der Waals surface area (Å²) in [6, 6.07) is 16.7. The average molecular weight is 388 g/mol. The Morgan fingerprint density at radius 3 is 1.52 bits per heavy atom. The number of rotatable bonds is 10. The van der Waals surface area contributed by atoms with Crippen LogP contribution in [0.15, 0.2) is 48.5 Å². The summed E-state index contributed by atoms with van der Waals surface area (Å²) < 4.78 is 0. The highest BCUT2D eigenvalue weighted by atomic mass is 35.5. The maximum Gasteiger partial charge on any atom is 0.0684 e. The minimum atomic E-state index is 0. The van der Waals surface area contributed by atoms with Crippen molar-refractivity contribution >= 4 is 29.5 Å². The molecule has 0 bridgehead atoms. The fourth-order valence-electron chi connectivity index (χ4n) is 3.00. The van der Waals surface area contributed by atoms with E-state index in [1.54, 1.807) is 0 Å². The van der Waals surface area contributed by atoms with Crippen molar-refractivity contribution < 1.29 is 0 Å². The zero-order valence-corrected chi connectivity index (χ0v) is 18.0. The van der Waals surface area contributed by atoms with Gasteiger partial charge in [-0.1, -0.05) is 51.0 Å². The molecule has 2 rings (SSSR count). The second-order valence-electron chi connectivity index (χ2n) is 7.06. The third-order valence-electron chi connectivity index (χ3n) is 4.76. The number of hydrogen-bond donors (Lipinski definition) is 1. The molecule has 0 spiro atoms. The first-order chi connectivity index (χ1) is 12.6. The largest absolute Gasteiger partial charge is 0.378 e. The van der Waals surface area contributed by atoms with E-state index in [0.717, 1.165) is 29.9 Å². The van der Waals surface area contributed by atoms with Crippen LogP contribution in [0.4, 0.5) is 11.4 Å². The zero-order chi connectivity index (χ0) is 18.9. The van der Waals surface area contributed by atoms with Crippen LogP contribution in [0.5, 0.6) is 0 Å². The molecule has 0 amide bonds. The fraction of sp³-hybridized carbons (Fsp3) is 0.435. The summed E-state index contributed by atoms with van der Waals surface area (Å²) in [5.74, 6) is 0. The molecule has 1 N–H and O–H groups in total. The average Bonchev–Trinajstić information content (AvgIpc) is 2.68. The van der Waals surface area contributed by atoms with E-state index in [9.17, 15) is 0 Å². The van der Waals surface area contributed by atoms with Crippen LogP contribution in [0.3, 0.4) is 0 Å². The van der Waals surface area contributed by atoms with E-state index in [4.69, 9.17) is 5.41 Å². The molecule has 27 heavy (non-hydrogen) atoms. The van der Waals surface area contributed by atoms with Gasteiger partial charge in [0.2, 0.25) is 0 Å². The van der Waals surface area contributed by atoms with Crippen molar-refractivity contribution in [1.29, 1.82) is 5.41 Å². The van der Waals surface area contributed by atoms with Gasteiger partial charge >= 0.3 is 0 Å². The molecule has 148 valence electrons. The first kappa shape index (κ1) is 23.0. The van der Waals surface area contributed by atoms with Crippen molar-refractivity contribution in [2.75, 3.05) is 37.0 Å². The van der Waals surface area contributed by atoms with Crippen molar-refractivity contribution in [2.45, 2.75) is 39.5 Å². The second kappa shape index (κ2) is 11.7. The topological polar surface area (TPSA) is 30.3 Å². The van der Waals surface area contributed by atoms with Crippen molar-refractivity contribution in [3.05, 3.63) is 59.7 Å². The molecule has 0 radical (unpaired) electrons. The van der Waals surface area contributed by atoms with Crippen LogP contribution in [0, 0.1) is 5.41 Å². The lowest BCUT2D eigenvalue weighted by Gasteiger charge is -2.25. The van der Waals surface area contributed by atoms with Crippen LogP contribution in [0.1, 0.15) is 50.7 Å². The van der Waals surface area contributed by atoms with E-state index in [1.165, 1.54) is 31.4 Å². The summed E-state index contributed by atoms with van der Waals surface area (Å²) in [6.45, 7) is 6.70. The Balaban J connectivity index is 0.00000364. The number of benzene rings is 2. The molecule has 3 nitrogen and oxygen atoms in total. The number of unbranched alkanes of at least 4 members (excludes halogenated alkanes) is 2. The highest BCUT2D eigenvalue weighted by molar-refractivity contribution is 6.11. The van der Waals surface area contributed by atoms with Gasteiger partial charge in [-0.3, -0.25) is 5.41 Å². The molecule has 2 aromatic carbocycles. The monoisotopic (exact) mass is 387 g/mol. The highest BCUT2D eigenvalue weighted by Crippen LogP contribution is 2.20. The number of hydrogen-bond acceptors (Lipinski definition) is 3. The predicted octanol–water partition coefficient (Wildman–Crippen LogP) is 6.00. The van der Waals surface area contributed by atoms with Gasteiger partial charge in [-0.25, -0.2) is 0 Å². The normalized spacial score (nSPS) is 10.2. The van der Waals surface area contributed by atoms with Crippen molar-refractivity contribution in [2.24, 2.45) is 0 Å². The molecular formula is C23H34ClN3. The molecule has 0 aliphatic heterocycles. The third-order valence-corrected chi connectivity index (χ3v) is 4.76. The van der Waals surface area contributed by atoms with Gasteiger partial charge in [0.15, 0.2) is 0 Å². The Labute approximate surface area is 171 Å². The first-order valence-electron chi connectivity index (χ1n) is 9.78. The first-order valence-corrected chi connectivity index (χ1v) is 9.78. The number of nitrogens with zero attached hydrogens (tertiary/aromatic N) is 2. The van der Waals surface area contributed by atoms with Crippen molar-refractivity contribution in [1.82, 2.24) is 0 Å². The molecule has 4 heteroatoms. The standard InChI is InChI=1S/C23H33N3.ClH/c1-5-7-17-26(18-8-6-2)22-15-11-20(12-16-22)23(24)19-9-13-21(14-10-19)25(3)4;/h9-16,24H,5-8,17-18H2,1-4H3;1H. The number of nitrogens with one attached hydrogen (secondary N) is 1. The van der Waals surface area contributed by atoms with Gasteiger partial charge in [0.1, 0.15) is 0 Å². The Kier molecular flexibility index (Phi) is 9.95. The van der Waals surface area contributed by atoms with Gasteiger partial charge in [0.05, 0.1) is 5.71 Å². The van der Waals surface area contributed by atoms with Crippen LogP contribution < -0.4 is 9.80 Å². The quantitative estimate of drug-likeness (QED) is 0.507. The van der Waals surface area contributed by atoms with Gasteiger partial charge in [-0.05, 0) is 37.1 Å². The Hall–Kier alpha value is -2.00. The van der Waals surface area contributed by atoms with Gasteiger partial charge in [0.25, 0.3) is 0 Å². The number of anilines is 2. The minimum absolute atomic E-state index is 0. The summed E-state index contributed by atoms with van der Waals surface area (Å²) in [6.07, 6.45) is 4.88. The summed E-state index contributed by atoms with van der Waals surface area (Å²) in [4.78, 5) is 4.55. The maximum atomic E-state index is 8.52. The lowest BCUT2D eigenvalue weighted by molar-refractivity contribution is 0.678. The SMILES string of the molecule is CCCCN(CCCC)c1ccc(C(=N)c2ccc(N(C)C)cc2)cc1.Cl. The molecule has 2 aromatic rings. The van der Waals surface area contributed by atoms with E-state index in [2.05, 4.69) is 60.0 Å². The molecule has 0 saturated heterocycles. The lowest BCUT2D eigenvalue weighted by Crippen LogP contribution is -2.25. The van der Waals surface area contributed by atoms with E-state index >= 15 is 0 Å². The molecule has 0 aromatic heterocycles. The van der Waals surface area contributed by atoms with E-state index < -0.39 is 0 Å². The molecule has 0 atom stereocenters. The molecule has 0 aliphatic rings. The Morgan fingerprint density at radius 2 is 1.15 bits per heavy atom. The van der Waals surface area contributed by atoms with E-state index in [-0.39, 0.29) is 12.4 Å². The second-order valence-corrected chi connectivity index (χ2v) is 7.06. The van der Waals surface area contributed by atoms with Gasteiger partial charge in [-0.15, -0.1) is 12.4 Å². The van der Waals surface area contributed by atoms with E-state index in [0.29, 0.717) is 5.71 Å². The molecule has 0 heterocycles. The minimum Gasteiger partial charge on any atom is -0.378 e. The molecule has 0 saturated carbocycles. The molecule has 0 unspecified atom stereocenters. The van der Waals surface area contributed by atoms with Gasteiger partial charge in [-0.2, -0.15) is 0 Å². The smallest absolute Gasteiger partial charge is 0.0684 e. The molecule has 0 fully saturated rings. The van der Waals surface area contributed by atoms with Crippen LogP contribution in [0.2, 0.25) is 0 Å². The lowest BCUT2D eigenvalue weighted by atomic mass is 10.0. The highest BCUT2D eigenvalue weighted by Gasteiger charge is 2.09. The summed E-state index contributed by atoms with van der Waals surface area (Å²) in [5, 5.41) is 8.52. The number of halogens is 1. The van der Waals surface area contributed by atoms with Crippen LogP contribution in [0.25, 0.3) is 0 Å². The predicted molar refractivity (Wildman–Crippen MR) is 122 cm³/mol. The van der Waals surface area contributed by atoms with Gasteiger partial charge in [0, 0.05) is 49.7 Å². The summed E-state index contributed by atoms with van der Waals surface area (Å²) >= 11 is 0. The Morgan fingerprint density at radius 1 is 0.741 bits per heavy atom. The van der Waals surface area contributed by atoms with Gasteiger partial charge < -0.3 is 9.80 Å².